The summed E-state index contributed by atoms with van der Waals surface area (Å²) in [6.45, 7) is 4.08. The number of carbonyl (C=O) groups excluding carboxylic acids is 1. The molecule has 0 spiro atoms. The molecule has 4 heteroatoms. The number of fused-ring (bicyclic) bond motifs is 1. The number of nitrogens with one attached hydrogen (secondary N) is 2. The van der Waals surface area contributed by atoms with E-state index >= 15 is 0 Å². The minimum absolute atomic E-state index is 0.0313. The maximum atomic E-state index is 12.4. The lowest BCUT2D eigenvalue weighted by molar-refractivity contribution is -0.120. The number of H-pyrrole nitrogens is 1. The molecule has 1 amide bonds. The Bertz CT molecular complexity index is 625. The number of anilines is 1. The summed E-state index contributed by atoms with van der Waals surface area (Å²) in [6, 6.07) is 6.12. The average Bonchev–Trinajstić information content (AvgIpc) is 2.84. The maximum Gasteiger partial charge on any atom is 0.227 e. The molecule has 2 N–H and O–H groups in total. The van der Waals surface area contributed by atoms with E-state index in [0.717, 1.165) is 36.3 Å². The zero-order valence-electron chi connectivity index (χ0n) is 11.9. The van der Waals surface area contributed by atoms with Crippen LogP contribution >= 0.6 is 0 Å². The van der Waals surface area contributed by atoms with Gasteiger partial charge >= 0.3 is 0 Å². The van der Waals surface area contributed by atoms with Crippen LogP contribution in [0.2, 0.25) is 0 Å². The third kappa shape index (κ3) is 2.59. The summed E-state index contributed by atoms with van der Waals surface area (Å²) >= 11 is 0. The molecule has 0 fully saturated rings. The highest BCUT2D eigenvalue weighted by atomic mass is 16.1. The molecule has 1 unspecified atom stereocenters. The fourth-order valence-electron chi connectivity index (χ4n) is 2.92. The van der Waals surface area contributed by atoms with Crippen LogP contribution in [-0.2, 0) is 17.6 Å². The fraction of sp³-hybridized carbons (Fsp3) is 0.375. The van der Waals surface area contributed by atoms with Gasteiger partial charge in [-0.15, -0.1) is 0 Å². The SMILES string of the molecule is Cc1cc(C)cc(NC(=O)C2CCc3nc[nH]c3C2)c1. The number of hydrogen-bond donors (Lipinski definition) is 2. The van der Waals surface area contributed by atoms with Crippen LogP contribution in [-0.4, -0.2) is 15.9 Å². The van der Waals surface area contributed by atoms with Crippen molar-refractivity contribution in [3.63, 3.8) is 0 Å². The number of rotatable bonds is 2. The Balaban J connectivity index is 1.71. The molecule has 0 bridgehead atoms. The third-order valence-electron chi connectivity index (χ3n) is 3.85. The van der Waals surface area contributed by atoms with Crippen molar-refractivity contribution in [2.75, 3.05) is 5.32 Å². The Morgan fingerprint density at radius 2 is 2.05 bits per heavy atom. The van der Waals surface area contributed by atoms with Crippen LogP contribution in [0.5, 0.6) is 0 Å². The number of amides is 1. The molecule has 1 aliphatic carbocycles. The first-order valence-electron chi connectivity index (χ1n) is 7.02. The van der Waals surface area contributed by atoms with Gasteiger partial charge < -0.3 is 10.3 Å². The van der Waals surface area contributed by atoms with Crippen LogP contribution in [0.25, 0.3) is 0 Å². The van der Waals surface area contributed by atoms with Crippen LogP contribution in [0.3, 0.4) is 0 Å². The number of hydrogen-bond acceptors (Lipinski definition) is 2. The topological polar surface area (TPSA) is 57.8 Å². The number of aryl methyl sites for hydroxylation is 3. The summed E-state index contributed by atoms with van der Waals surface area (Å²) in [5.41, 5.74) is 5.44. The van der Waals surface area contributed by atoms with Gasteiger partial charge in [-0.2, -0.15) is 0 Å². The molecule has 1 aromatic carbocycles. The molecule has 0 saturated heterocycles. The molecule has 0 aliphatic heterocycles. The van der Waals surface area contributed by atoms with Gasteiger partial charge in [0.2, 0.25) is 5.91 Å². The lowest BCUT2D eigenvalue weighted by atomic mass is 9.89. The number of nitrogens with zero attached hydrogens (tertiary/aromatic N) is 1. The minimum atomic E-state index is 0.0313. The van der Waals surface area contributed by atoms with Crippen molar-refractivity contribution in [2.24, 2.45) is 5.92 Å². The van der Waals surface area contributed by atoms with E-state index < -0.39 is 0 Å². The van der Waals surface area contributed by atoms with Gasteiger partial charge in [-0.25, -0.2) is 4.98 Å². The van der Waals surface area contributed by atoms with Crippen LogP contribution in [0.1, 0.15) is 28.9 Å². The molecular formula is C16H19N3O. The highest BCUT2D eigenvalue weighted by molar-refractivity contribution is 5.93. The van der Waals surface area contributed by atoms with Gasteiger partial charge in [0.05, 0.1) is 12.0 Å². The van der Waals surface area contributed by atoms with Crippen molar-refractivity contribution in [3.05, 3.63) is 47.0 Å². The van der Waals surface area contributed by atoms with E-state index in [2.05, 4.69) is 21.4 Å². The Hall–Kier alpha value is -2.10. The predicted molar refractivity (Wildman–Crippen MR) is 78.6 cm³/mol. The largest absolute Gasteiger partial charge is 0.348 e. The molecule has 0 saturated carbocycles. The number of aromatic nitrogens is 2. The number of benzene rings is 1. The van der Waals surface area contributed by atoms with E-state index in [0.29, 0.717) is 0 Å². The van der Waals surface area contributed by atoms with Gasteiger partial charge in [0.15, 0.2) is 0 Å². The third-order valence-corrected chi connectivity index (χ3v) is 3.85. The summed E-state index contributed by atoms with van der Waals surface area (Å²) in [7, 11) is 0. The molecule has 20 heavy (non-hydrogen) atoms. The van der Waals surface area contributed by atoms with Gasteiger partial charge in [-0.1, -0.05) is 6.07 Å². The summed E-state index contributed by atoms with van der Waals surface area (Å²) < 4.78 is 0. The zero-order chi connectivity index (χ0) is 14.1. The molecule has 1 atom stereocenters. The first-order valence-corrected chi connectivity index (χ1v) is 7.02. The van der Waals surface area contributed by atoms with Crippen molar-refractivity contribution in [1.29, 1.82) is 0 Å². The highest BCUT2D eigenvalue weighted by Gasteiger charge is 2.26. The van der Waals surface area contributed by atoms with Crippen LogP contribution < -0.4 is 5.32 Å². The second-order valence-electron chi connectivity index (χ2n) is 5.63. The molecule has 2 aromatic rings. The Morgan fingerprint density at radius 1 is 1.30 bits per heavy atom. The fourth-order valence-corrected chi connectivity index (χ4v) is 2.92. The van der Waals surface area contributed by atoms with E-state index in [1.807, 2.05) is 26.0 Å². The van der Waals surface area contributed by atoms with Crippen molar-refractivity contribution in [3.8, 4) is 0 Å². The Kier molecular flexibility index (Phi) is 3.30. The molecule has 0 radical (unpaired) electrons. The molecule has 3 rings (SSSR count). The zero-order valence-corrected chi connectivity index (χ0v) is 11.9. The van der Waals surface area contributed by atoms with E-state index in [1.54, 1.807) is 6.33 Å². The number of aromatic amines is 1. The Morgan fingerprint density at radius 3 is 2.80 bits per heavy atom. The van der Waals surface area contributed by atoms with Crippen molar-refractivity contribution >= 4 is 11.6 Å². The van der Waals surface area contributed by atoms with Crippen LogP contribution in [0.15, 0.2) is 24.5 Å². The minimum Gasteiger partial charge on any atom is -0.348 e. The monoisotopic (exact) mass is 269 g/mol. The summed E-state index contributed by atoms with van der Waals surface area (Å²) in [5.74, 6) is 0.138. The molecule has 1 aliphatic rings. The maximum absolute atomic E-state index is 12.4. The molecule has 4 nitrogen and oxygen atoms in total. The van der Waals surface area contributed by atoms with Gasteiger partial charge in [0.1, 0.15) is 0 Å². The second kappa shape index (κ2) is 5.12. The van der Waals surface area contributed by atoms with Crippen molar-refractivity contribution in [2.45, 2.75) is 33.1 Å². The number of carbonyl (C=O) groups is 1. The van der Waals surface area contributed by atoms with Crippen molar-refractivity contribution < 1.29 is 4.79 Å². The first kappa shape index (κ1) is 12.9. The number of imidazole rings is 1. The van der Waals surface area contributed by atoms with E-state index in [4.69, 9.17) is 0 Å². The van der Waals surface area contributed by atoms with Crippen LogP contribution in [0.4, 0.5) is 5.69 Å². The van der Waals surface area contributed by atoms with Gasteiger partial charge in [-0.05, 0) is 49.9 Å². The second-order valence-corrected chi connectivity index (χ2v) is 5.63. The van der Waals surface area contributed by atoms with Gasteiger partial charge in [0, 0.05) is 23.7 Å². The average molecular weight is 269 g/mol. The lowest BCUT2D eigenvalue weighted by Gasteiger charge is -2.20. The summed E-state index contributed by atoms with van der Waals surface area (Å²) in [6.07, 6.45) is 4.22. The lowest BCUT2D eigenvalue weighted by Crippen LogP contribution is -2.28. The van der Waals surface area contributed by atoms with E-state index in [9.17, 15) is 4.79 Å². The molecular weight excluding hydrogens is 250 g/mol. The molecule has 1 aromatic heterocycles. The molecule has 1 heterocycles. The van der Waals surface area contributed by atoms with Gasteiger partial charge in [-0.3, -0.25) is 4.79 Å². The highest BCUT2D eigenvalue weighted by Crippen LogP contribution is 2.24. The van der Waals surface area contributed by atoms with Crippen molar-refractivity contribution in [1.82, 2.24) is 9.97 Å². The smallest absolute Gasteiger partial charge is 0.227 e. The summed E-state index contributed by atoms with van der Waals surface area (Å²) in [5, 5.41) is 3.04. The molecule has 104 valence electrons. The normalized spacial score (nSPS) is 17.6. The van der Waals surface area contributed by atoms with E-state index in [1.165, 1.54) is 11.1 Å². The van der Waals surface area contributed by atoms with Crippen LogP contribution in [0, 0.1) is 19.8 Å². The summed E-state index contributed by atoms with van der Waals surface area (Å²) in [4.78, 5) is 19.8. The predicted octanol–water partition coefficient (Wildman–Crippen LogP) is 2.77. The Labute approximate surface area is 118 Å². The quantitative estimate of drug-likeness (QED) is 0.880. The van der Waals surface area contributed by atoms with E-state index in [-0.39, 0.29) is 11.8 Å². The van der Waals surface area contributed by atoms with Gasteiger partial charge in [0.25, 0.3) is 0 Å². The standard InChI is InChI=1S/C16H19N3O/c1-10-5-11(2)7-13(6-10)19-16(20)12-3-4-14-15(8-12)18-9-17-14/h5-7,9,12H,3-4,8H2,1-2H3,(H,17,18)(H,19,20). The first-order chi connectivity index (χ1) is 9.61.